The standard InChI is InChI=1S/F6P.K/c1-7(2,3,4,5)6;/q-1;+1. The van der Waals surface area contributed by atoms with Crippen LogP contribution < -0.4 is 51.4 Å². The molecule has 0 spiro atoms. The summed E-state index contributed by atoms with van der Waals surface area (Å²) in [5.74, 6) is 0. The van der Waals surface area contributed by atoms with Gasteiger partial charge in [-0.2, -0.15) is 0 Å². The van der Waals surface area contributed by atoms with E-state index >= 15 is 0 Å². The van der Waals surface area contributed by atoms with Crippen molar-refractivity contribution < 1.29 is 76.6 Å². The first kappa shape index (κ1) is 12.3. The molecule has 0 aromatic carbocycles. The minimum Gasteiger partial charge on any atom is 1.00 e. The summed E-state index contributed by atoms with van der Waals surface area (Å²) in [7, 11) is -10.7. The van der Waals surface area contributed by atoms with Gasteiger partial charge in [0.2, 0.25) is 0 Å². The first-order valence-corrected chi connectivity index (χ1v) is 3.04. The van der Waals surface area contributed by atoms with Crippen molar-refractivity contribution in [2.24, 2.45) is 0 Å². The summed E-state index contributed by atoms with van der Waals surface area (Å²) in [6.45, 7) is 0. The molecule has 0 nitrogen and oxygen atoms in total. The van der Waals surface area contributed by atoms with Crippen LogP contribution in [0.5, 0.6) is 0 Å². The molecule has 0 aromatic rings. The fraction of sp³-hybridized carbons (Fsp3) is 0. The minimum atomic E-state index is -10.7. The summed E-state index contributed by atoms with van der Waals surface area (Å²) in [4.78, 5) is 0. The third-order valence-electron chi connectivity index (χ3n) is 0. The van der Waals surface area contributed by atoms with E-state index in [9.17, 15) is 25.2 Å². The van der Waals surface area contributed by atoms with Crippen molar-refractivity contribution in [1.82, 2.24) is 0 Å². The molecule has 0 atom stereocenters. The molecule has 0 heterocycles. The maximum Gasteiger partial charge on any atom is 1.00 e. The summed E-state index contributed by atoms with van der Waals surface area (Å²) in [5.41, 5.74) is 0. The second-order valence-corrected chi connectivity index (χ2v) is 2.87. The van der Waals surface area contributed by atoms with E-state index in [4.69, 9.17) is 0 Å². The third-order valence-corrected chi connectivity index (χ3v) is 0. The Morgan fingerprint density at radius 3 is 0.625 bits per heavy atom. The summed E-state index contributed by atoms with van der Waals surface area (Å²) in [5, 5.41) is 0. The van der Waals surface area contributed by atoms with E-state index in [0.29, 0.717) is 0 Å². The van der Waals surface area contributed by atoms with Gasteiger partial charge < -0.3 is 0 Å². The molecule has 0 bridgehead atoms. The molecule has 8 heavy (non-hydrogen) atoms. The number of halogens is 6. The van der Waals surface area contributed by atoms with Crippen molar-refractivity contribution in [2.45, 2.75) is 0 Å². The van der Waals surface area contributed by atoms with E-state index < -0.39 is 7.81 Å². The average molecular weight is 184 g/mol. The normalized spacial score (nSPS) is 20.2. The van der Waals surface area contributed by atoms with Crippen molar-refractivity contribution >= 4 is 7.81 Å². The van der Waals surface area contributed by atoms with Crippen molar-refractivity contribution in [3.8, 4) is 0 Å². The van der Waals surface area contributed by atoms with Crippen LogP contribution in [0.3, 0.4) is 0 Å². The topological polar surface area (TPSA) is 0 Å². The van der Waals surface area contributed by atoms with Gasteiger partial charge in [0.05, 0.1) is 0 Å². The third kappa shape index (κ3) is 125. The average Bonchev–Trinajstić information content (AvgIpc) is 0.592. The Morgan fingerprint density at radius 2 is 0.625 bits per heavy atom. The van der Waals surface area contributed by atoms with Gasteiger partial charge in [-0.1, -0.05) is 0 Å². The molecule has 0 N–H and O–H groups in total. The second kappa shape index (κ2) is 1.82. The molecule has 0 aromatic heterocycles. The molecule has 0 aliphatic heterocycles. The van der Waals surface area contributed by atoms with Crippen LogP contribution >= 0.6 is 7.81 Å². The Labute approximate surface area is 83.3 Å². The predicted molar refractivity (Wildman–Crippen MR) is 13.6 cm³/mol. The smallest absolute Gasteiger partial charge is 1.00 e. The van der Waals surface area contributed by atoms with Crippen LogP contribution in [0.2, 0.25) is 0 Å². The maximum atomic E-state index is 9.87. The van der Waals surface area contributed by atoms with Gasteiger partial charge in [0.25, 0.3) is 0 Å². The van der Waals surface area contributed by atoms with Crippen LogP contribution in [0.15, 0.2) is 0 Å². The van der Waals surface area contributed by atoms with Gasteiger partial charge in [-0.05, 0) is 0 Å². The van der Waals surface area contributed by atoms with E-state index in [2.05, 4.69) is 0 Å². The van der Waals surface area contributed by atoms with Crippen LogP contribution in [0, 0.1) is 0 Å². The van der Waals surface area contributed by atoms with Crippen LogP contribution in [-0.4, -0.2) is 0 Å². The van der Waals surface area contributed by atoms with E-state index in [1.165, 1.54) is 0 Å². The molecule has 0 saturated heterocycles. The molecular weight excluding hydrogens is 184 g/mol. The van der Waals surface area contributed by atoms with E-state index in [-0.39, 0.29) is 51.4 Å². The first-order chi connectivity index (χ1) is 2.45. The monoisotopic (exact) mass is 184 g/mol. The van der Waals surface area contributed by atoms with E-state index in [1.54, 1.807) is 0 Å². The van der Waals surface area contributed by atoms with Crippen LogP contribution in [0.1, 0.15) is 0 Å². The molecule has 0 radical (unpaired) electrons. The summed E-state index contributed by atoms with van der Waals surface area (Å²) >= 11 is 0. The maximum absolute atomic E-state index is 10.7. The Hall–Kier alpha value is 1.65. The zero-order valence-electron chi connectivity index (χ0n) is 3.72. The molecule has 0 rings (SSSR count). The molecule has 8 heteroatoms. The predicted octanol–water partition coefficient (Wildman–Crippen LogP) is 0.386. The van der Waals surface area contributed by atoms with Gasteiger partial charge in [-0.15, -0.1) is 0 Å². The minimum absolute atomic E-state index is 0. The molecule has 0 aliphatic carbocycles. The van der Waals surface area contributed by atoms with Gasteiger partial charge in [-0.25, -0.2) is 0 Å². The van der Waals surface area contributed by atoms with E-state index in [0.717, 1.165) is 0 Å². The van der Waals surface area contributed by atoms with Gasteiger partial charge in [0.1, 0.15) is 0 Å². The first-order valence-electron chi connectivity index (χ1n) is 1.01. The molecular formula is F6KP. The van der Waals surface area contributed by atoms with Crippen molar-refractivity contribution in [1.29, 1.82) is 0 Å². The Morgan fingerprint density at radius 1 is 0.625 bits per heavy atom. The van der Waals surface area contributed by atoms with Crippen LogP contribution in [0.4, 0.5) is 25.2 Å². The van der Waals surface area contributed by atoms with Crippen LogP contribution in [0.25, 0.3) is 0 Å². The number of hydrogen-bond acceptors (Lipinski definition) is 0. The number of rotatable bonds is 0. The molecule has 0 unspecified atom stereocenters. The van der Waals surface area contributed by atoms with Gasteiger partial charge in [0.15, 0.2) is 0 Å². The molecule has 0 aliphatic rings. The quantitative estimate of drug-likeness (QED) is 0.290. The summed E-state index contributed by atoms with van der Waals surface area (Å²) in [6.07, 6.45) is 0. The zero-order chi connectivity index (χ0) is 6.41. The summed E-state index contributed by atoms with van der Waals surface area (Å²) in [6, 6.07) is 0. The van der Waals surface area contributed by atoms with Crippen molar-refractivity contribution in [3.05, 3.63) is 0 Å². The Balaban J connectivity index is 0. The molecule has 0 saturated carbocycles. The van der Waals surface area contributed by atoms with Crippen molar-refractivity contribution in [2.75, 3.05) is 0 Å². The fourth-order valence-electron chi connectivity index (χ4n) is 0. The molecule has 0 amide bonds. The number of hydrogen-bond donors (Lipinski definition) is 0. The largest absolute Gasteiger partial charge is 1.00 e. The van der Waals surface area contributed by atoms with Gasteiger partial charge >= 0.3 is 84.4 Å². The zero-order valence-corrected chi connectivity index (χ0v) is 7.73. The van der Waals surface area contributed by atoms with Gasteiger partial charge in [-0.3, -0.25) is 0 Å². The molecule has 48 valence electrons. The summed E-state index contributed by atoms with van der Waals surface area (Å²) < 4.78 is 59.2. The van der Waals surface area contributed by atoms with Crippen molar-refractivity contribution in [3.63, 3.8) is 0 Å². The molecule has 0 fully saturated rings. The van der Waals surface area contributed by atoms with Gasteiger partial charge in [0, 0.05) is 0 Å². The second-order valence-electron chi connectivity index (χ2n) is 0.958. The Kier molecular flexibility index (Phi) is 2.81. The Bertz CT molecular complexity index is 67.1. The fourth-order valence-corrected chi connectivity index (χ4v) is 0. The van der Waals surface area contributed by atoms with Crippen LogP contribution in [-0.2, 0) is 0 Å². The SMILES string of the molecule is F[P-](F)(F)(F)(F)F.[K+]. The van der Waals surface area contributed by atoms with E-state index in [1.807, 2.05) is 0 Å².